The average Bonchev–Trinajstić information content (AvgIpc) is 2.42. The summed E-state index contributed by atoms with van der Waals surface area (Å²) in [6.07, 6.45) is -1.07. The number of carbonyl (C=O) groups is 1. The first kappa shape index (κ1) is 11.3. The molecule has 0 aromatic heterocycles. The van der Waals surface area contributed by atoms with Crippen LogP contribution in [0.25, 0.3) is 0 Å². The van der Waals surface area contributed by atoms with Crippen molar-refractivity contribution in [2.24, 2.45) is 0 Å². The maximum atomic E-state index is 10.6. The highest BCUT2D eigenvalue weighted by atomic mass is 35.5. The number of aliphatic carboxylic acids is 1. The molecule has 0 spiro atoms. The summed E-state index contributed by atoms with van der Waals surface area (Å²) in [7, 11) is -1.25. The molecule has 3 N–H and O–H groups in total. The van der Waals surface area contributed by atoms with Crippen LogP contribution in [0.15, 0.2) is 12.1 Å². The molecule has 5 nitrogen and oxygen atoms in total. The Morgan fingerprint density at radius 3 is 2.88 bits per heavy atom. The summed E-state index contributed by atoms with van der Waals surface area (Å²) < 4.78 is 5.06. The van der Waals surface area contributed by atoms with Crippen LogP contribution in [0.2, 0.25) is 5.02 Å². The lowest BCUT2D eigenvalue weighted by molar-refractivity contribution is -0.138. The minimum absolute atomic E-state index is 0.0950. The third-order valence-electron chi connectivity index (χ3n) is 2.39. The molecule has 0 aliphatic carbocycles. The van der Waals surface area contributed by atoms with E-state index < -0.39 is 19.2 Å². The van der Waals surface area contributed by atoms with Crippen molar-refractivity contribution in [1.82, 2.24) is 0 Å². The summed E-state index contributed by atoms with van der Waals surface area (Å²) in [5, 5.41) is 27.7. The Kier molecular flexibility index (Phi) is 2.79. The highest BCUT2D eigenvalue weighted by molar-refractivity contribution is 6.62. The Hall–Kier alpha value is -1.24. The van der Waals surface area contributed by atoms with Crippen LogP contribution in [0.5, 0.6) is 5.75 Å². The first-order chi connectivity index (χ1) is 7.49. The lowest BCUT2D eigenvalue weighted by Crippen LogP contribution is -2.27. The van der Waals surface area contributed by atoms with Gasteiger partial charge in [-0.15, -0.1) is 0 Å². The molecule has 1 atom stereocenters. The second kappa shape index (κ2) is 3.97. The molecule has 0 saturated heterocycles. The van der Waals surface area contributed by atoms with Gasteiger partial charge in [-0.2, -0.15) is 0 Å². The zero-order valence-corrected chi connectivity index (χ0v) is 8.81. The van der Waals surface area contributed by atoms with Crippen LogP contribution in [-0.4, -0.2) is 28.3 Å². The molecule has 1 aliphatic heterocycles. The number of aromatic hydroxyl groups is 1. The van der Waals surface area contributed by atoms with Gasteiger partial charge in [0.25, 0.3) is 0 Å². The van der Waals surface area contributed by atoms with E-state index in [4.69, 9.17) is 21.4 Å². The Balaban J connectivity index is 2.44. The van der Waals surface area contributed by atoms with E-state index in [-0.39, 0.29) is 17.2 Å². The summed E-state index contributed by atoms with van der Waals surface area (Å²) >= 11 is 5.87. The molecule has 0 amide bonds. The van der Waals surface area contributed by atoms with Crippen LogP contribution in [0.1, 0.15) is 18.1 Å². The summed E-state index contributed by atoms with van der Waals surface area (Å²) in [4.78, 5) is 10.6. The zero-order valence-electron chi connectivity index (χ0n) is 8.05. The Labute approximate surface area is 96.4 Å². The monoisotopic (exact) mass is 242 g/mol. The SMILES string of the molecule is O=C(O)CC1OB(O)c2cc(O)cc(Cl)c21. The zero-order chi connectivity index (χ0) is 11.9. The van der Waals surface area contributed by atoms with E-state index in [1.54, 1.807) is 0 Å². The molecule has 1 aromatic rings. The van der Waals surface area contributed by atoms with E-state index in [2.05, 4.69) is 0 Å². The van der Waals surface area contributed by atoms with E-state index in [1.165, 1.54) is 12.1 Å². The molecular weight excluding hydrogens is 234 g/mol. The number of rotatable bonds is 2. The highest BCUT2D eigenvalue weighted by Gasteiger charge is 2.38. The number of carboxylic acids is 1. The third-order valence-corrected chi connectivity index (χ3v) is 2.70. The predicted octanol–water partition coefficient (Wildman–Crippen LogP) is 0.279. The number of fused-ring (bicyclic) bond motifs is 1. The maximum absolute atomic E-state index is 10.6. The van der Waals surface area contributed by atoms with Crippen LogP contribution in [0.4, 0.5) is 0 Å². The van der Waals surface area contributed by atoms with Gasteiger partial charge in [-0.3, -0.25) is 4.79 Å². The molecule has 1 heterocycles. The minimum atomic E-state index is -1.25. The van der Waals surface area contributed by atoms with Crippen LogP contribution in [-0.2, 0) is 9.45 Å². The number of phenols is 1. The molecule has 84 valence electrons. The van der Waals surface area contributed by atoms with Crippen LogP contribution in [0, 0.1) is 0 Å². The first-order valence-electron chi connectivity index (χ1n) is 4.56. The fourth-order valence-corrected chi connectivity index (χ4v) is 2.12. The second-order valence-corrected chi connectivity index (χ2v) is 3.91. The molecule has 0 radical (unpaired) electrons. The van der Waals surface area contributed by atoms with E-state index in [1.807, 2.05) is 0 Å². The van der Waals surface area contributed by atoms with E-state index in [9.17, 15) is 14.9 Å². The molecule has 0 saturated carbocycles. The summed E-state index contributed by atoms with van der Waals surface area (Å²) in [6.45, 7) is 0. The Morgan fingerprint density at radius 1 is 1.56 bits per heavy atom. The van der Waals surface area contributed by atoms with Crippen molar-refractivity contribution in [3.63, 3.8) is 0 Å². The number of hydrogen-bond donors (Lipinski definition) is 3. The first-order valence-corrected chi connectivity index (χ1v) is 4.94. The van der Waals surface area contributed by atoms with Crippen molar-refractivity contribution < 1.29 is 24.7 Å². The van der Waals surface area contributed by atoms with Crippen LogP contribution < -0.4 is 5.46 Å². The molecule has 0 bridgehead atoms. The Morgan fingerprint density at radius 2 is 2.25 bits per heavy atom. The van der Waals surface area contributed by atoms with Gasteiger partial charge in [0.15, 0.2) is 0 Å². The lowest BCUT2D eigenvalue weighted by atomic mass is 9.79. The summed E-state index contributed by atoms with van der Waals surface area (Å²) in [6, 6.07) is 2.60. The van der Waals surface area contributed by atoms with E-state index in [0.29, 0.717) is 11.0 Å². The number of hydrogen-bond acceptors (Lipinski definition) is 4. The molecular formula is C9H8BClO5. The Bertz CT molecular complexity index is 450. The van der Waals surface area contributed by atoms with Crippen LogP contribution >= 0.6 is 11.6 Å². The van der Waals surface area contributed by atoms with Gasteiger partial charge in [0.05, 0.1) is 12.5 Å². The molecule has 0 fully saturated rings. The van der Waals surface area contributed by atoms with Crippen molar-refractivity contribution in [2.45, 2.75) is 12.5 Å². The van der Waals surface area contributed by atoms with E-state index >= 15 is 0 Å². The third kappa shape index (κ3) is 1.87. The van der Waals surface area contributed by atoms with Gasteiger partial charge in [0.1, 0.15) is 5.75 Å². The van der Waals surface area contributed by atoms with Gasteiger partial charge in [-0.1, -0.05) is 11.6 Å². The largest absolute Gasteiger partial charge is 0.508 e. The van der Waals surface area contributed by atoms with Gasteiger partial charge < -0.3 is 19.9 Å². The van der Waals surface area contributed by atoms with Gasteiger partial charge in [-0.25, -0.2) is 0 Å². The van der Waals surface area contributed by atoms with E-state index in [0.717, 1.165) is 0 Å². The molecule has 1 aromatic carbocycles. The summed E-state index contributed by atoms with van der Waals surface area (Å²) in [5.41, 5.74) is 0.741. The topological polar surface area (TPSA) is 87.0 Å². The van der Waals surface area contributed by atoms with Crippen molar-refractivity contribution >= 4 is 30.2 Å². The highest BCUT2D eigenvalue weighted by Crippen LogP contribution is 2.34. The van der Waals surface area contributed by atoms with Gasteiger partial charge in [-0.05, 0) is 23.2 Å². The smallest absolute Gasteiger partial charge is 0.492 e. The number of halogens is 1. The molecule has 1 aliphatic rings. The standard InChI is InChI=1S/C9H8BClO5/c11-6-2-4(12)1-5-9(6)7(3-8(13)14)16-10(5)15/h1-2,7,12,15H,3H2,(H,13,14). The molecule has 2 rings (SSSR count). The van der Waals surface area contributed by atoms with Gasteiger partial charge in [0.2, 0.25) is 0 Å². The van der Waals surface area contributed by atoms with Crippen molar-refractivity contribution in [3.05, 3.63) is 22.7 Å². The molecule has 1 unspecified atom stereocenters. The minimum Gasteiger partial charge on any atom is -0.508 e. The molecule has 7 heteroatoms. The number of phenolic OH excluding ortho intramolecular Hbond substituents is 1. The predicted molar refractivity (Wildman–Crippen MR) is 56.8 cm³/mol. The number of benzene rings is 1. The number of carboxylic acid groups (broad SMARTS) is 1. The van der Waals surface area contributed by atoms with Gasteiger partial charge >= 0.3 is 13.1 Å². The van der Waals surface area contributed by atoms with Gasteiger partial charge in [0, 0.05) is 5.02 Å². The quantitative estimate of drug-likeness (QED) is 0.648. The molecule has 16 heavy (non-hydrogen) atoms. The fraction of sp³-hybridized carbons (Fsp3) is 0.222. The second-order valence-electron chi connectivity index (χ2n) is 3.51. The lowest BCUT2D eigenvalue weighted by Gasteiger charge is -2.10. The average molecular weight is 242 g/mol. The van der Waals surface area contributed by atoms with Crippen molar-refractivity contribution in [2.75, 3.05) is 0 Å². The maximum Gasteiger partial charge on any atom is 0.492 e. The van der Waals surface area contributed by atoms with Crippen molar-refractivity contribution in [1.29, 1.82) is 0 Å². The summed E-state index contributed by atoms with van der Waals surface area (Å²) in [5.74, 6) is -1.14. The van der Waals surface area contributed by atoms with Crippen LogP contribution in [0.3, 0.4) is 0 Å². The normalized spacial score (nSPS) is 18.6. The fourth-order valence-electron chi connectivity index (χ4n) is 1.77. The van der Waals surface area contributed by atoms with Crippen molar-refractivity contribution in [3.8, 4) is 5.75 Å².